The predicted molar refractivity (Wildman–Crippen MR) is 63.3 cm³/mol. The molecule has 0 aromatic heterocycles. The van der Waals surface area contributed by atoms with Crippen LogP contribution in [0.25, 0.3) is 0 Å². The van der Waals surface area contributed by atoms with Crippen molar-refractivity contribution < 1.29 is 4.74 Å². The van der Waals surface area contributed by atoms with Crippen LogP contribution in [0, 0.1) is 0 Å². The quantitative estimate of drug-likeness (QED) is 0.803. The number of ether oxygens (including phenoxy) is 1. The van der Waals surface area contributed by atoms with Crippen LogP contribution in [0.5, 0.6) is 0 Å². The molecule has 2 aliphatic rings. The lowest BCUT2D eigenvalue weighted by atomic mass is 9.96. The standard InChI is InChI=1S/C13H18N2O/c14-11-7-15(8-11)9-13-12-4-2-1-3-10(12)5-6-16-13/h1-4,11,13H,5-9,14H2. The normalized spacial score (nSPS) is 26.2. The largest absolute Gasteiger partial charge is 0.372 e. The van der Waals surface area contributed by atoms with Gasteiger partial charge >= 0.3 is 0 Å². The van der Waals surface area contributed by atoms with Crippen LogP contribution in [0.2, 0.25) is 0 Å². The molecule has 1 aromatic rings. The Morgan fingerprint density at radius 2 is 2.12 bits per heavy atom. The lowest BCUT2D eigenvalue weighted by Crippen LogP contribution is -2.56. The monoisotopic (exact) mass is 218 g/mol. The third-order valence-electron chi connectivity index (χ3n) is 3.50. The highest BCUT2D eigenvalue weighted by Gasteiger charge is 2.28. The smallest absolute Gasteiger partial charge is 0.0954 e. The van der Waals surface area contributed by atoms with Gasteiger partial charge in [0.05, 0.1) is 12.7 Å². The van der Waals surface area contributed by atoms with E-state index < -0.39 is 0 Å². The molecule has 1 unspecified atom stereocenters. The zero-order chi connectivity index (χ0) is 11.0. The van der Waals surface area contributed by atoms with Crippen LogP contribution in [0.3, 0.4) is 0 Å². The fraction of sp³-hybridized carbons (Fsp3) is 0.538. The summed E-state index contributed by atoms with van der Waals surface area (Å²) in [5.74, 6) is 0. The van der Waals surface area contributed by atoms with Crippen LogP contribution in [0.15, 0.2) is 24.3 Å². The van der Waals surface area contributed by atoms with E-state index in [1.807, 2.05) is 0 Å². The maximum absolute atomic E-state index is 5.86. The van der Waals surface area contributed by atoms with E-state index in [1.165, 1.54) is 11.1 Å². The van der Waals surface area contributed by atoms with Gasteiger partial charge in [0.15, 0.2) is 0 Å². The molecule has 3 nitrogen and oxygen atoms in total. The number of nitrogens with two attached hydrogens (primary N) is 1. The molecule has 1 atom stereocenters. The Bertz CT molecular complexity index is 374. The molecule has 0 saturated carbocycles. The van der Waals surface area contributed by atoms with Gasteiger partial charge in [-0.2, -0.15) is 0 Å². The molecule has 3 heteroatoms. The molecule has 0 bridgehead atoms. The van der Waals surface area contributed by atoms with Gasteiger partial charge in [0.2, 0.25) is 0 Å². The van der Waals surface area contributed by atoms with Crippen LogP contribution in [-0.4, -0.2) is 37.2 Å². The first-order valence-electron chi connectivity index (χ1n) is 6.00. The highest BCUT2D eigenvalue weighted by atomic mass is 16.5. The number of likely N-dealkylation sites (tertiary alicyclic amines) is 1. The van der Waals surface area contributed by atoms with Crippen LogP contribution in [0.4, 0.5) is 0 Å². The highest BCUT2D eigenvalue weighted by molar-refractivity contribution is 5.31. The van der Waals surface area contributed by atoms with Crippen molar-refractivity contribution in [2.45, 2.75) is 18.6 Å². The zero-order valence-corrected chi connectivity index (χ0v) is 9.43. The Balaban J connectivity index is 1.72. The summed E-state index contributed by atoms with van der Waals surface area (Å²) in [5.41, 5.74) is 8.60. The molecular formula is C13H18N2O. The van der Waals surface area contributed by atoms with Gasteiger partial charge in [-0.1, -0.05) is 24.3 Å². The van der Waals surface area contributed by atoms with Gasteiger partial charge in [-0.05, 0) is 17.5 Å². The Labute approximate surface area is 96.2 Å². The molecule has 0 aliphatic carbocycles. The van der Waals surface area contributed by atoms with Crippen molar-refractivity contribution in [1.82, 2.24) is 4.90 Å². The van der Waals surface area contributed by atoms with Gasteiger partial charge in [-0.3, -0.25) is 4.90 Å². The van der Waals surface area contributed by atoms with E-state index in [1.54, 1.807) is 0 Å². The third kappa shape index (κ3) is 1.86. The molecule has 2 aliphatic heterocycles. The van der Waals surface area contributed by atoms with E-state index in [2.05, 4.69) is 29.2 Å². The highest BCUT2D eigenvalue weighted by Crippen LogP contribution is 2.28. The number of fused-ring (bicyclic) bond motifs is 1. The lowest BCUT2D eigenvalue weighted by Gasteiger charge is -2.40. The summed E-state index contributed by atoms with van der Waals surface area (Å²) >= 11 is 0. The second kappa shape index (κ2) is 4.17. The minimum absolute atomic E-state index is 0.248. The minimum Gasteiger partial charge on any atom is -0.372 e. The molecule has 1 saturated heterocycles. The summed E-state index contributed by atoms with van der Waals surface area (Å²) in [6, 6.07) is 8.99. The lowest BCUT2D eigenvalue weighted by molar-refractivity contribution is -0.00241. The molecule has 16 heavy (non-hydrogen) atoms. The van der Waals surface area contributed by atoms with Crippen LogP contribution >= 0.6 is 0 Å². The van der Waals surface area contributed by atoms with Gasteiger partial charge in [-0.25, -0.2) is 0 Å². The second-order valence-corrected chi connectivity index (χ2v) is 4.79. The Morgan fingerprint density at radius 1 is 1.31 bits per heavy atom. The first-order valence-corrected chi connectivity index (χ1v) is 6.00. The van der Waals surface area contributed by atoms with Crippen molar-refractivity contribution in [3.8, 4) is 0 Å². The molecule has 86 valence electrons. The minimum atomic E-state index is 0.248. The molecule has 2 heterocycles. The summed E-state index contributed by atoms with van der Waals surface area (Å²) in [5, 5.41) is 0. The fourth-order valence-corrected chi connectivity index (χ4v) is 2.62. The molecule has 0 amide bonds. The van der Waals surface area contributed by atoms with Crippen molar-refractivity contribution in [2.75, 3.05) is 26.2 Å². The van der Waals surface area contributed by atoms with Crippen molar-refractivity contribution in [2.24, 2.45) is 5.73 Å². The molecule has 2 N–H and O–H groups in total. The van der Waals surface area contributed by atoms with Crippen LogP contribution in [-0.2, 0) is 11.2 Å². The third-order valence-corrected chi connectivity index (χ3v) is 3.50. The van der Waals surface area contributed by atoms with Crippen molar-refractivity contribution in [3.05, 3.63) is 35.4 Å². The predicted octanol–water partition coefficient (Wildman–Crippen LogP) is 0.943. The van der Waals surface area contributed by atoms with Gasteiger partial charge in [0.25, 0.3) is 0 Å². The molecule has 3 rings (SSSR count). The molecule has 0 radical (unpaired) electrons. The van der Waals surface area contributed by atoms with E-state index in [0.717, 1.165) is 32.7 Å². The van der Waals surface area contributed by atoms with Gasteiger partial charge in [0.1, 0.15) is 0 Å². The summed E-state index contributed by atoms with van der Waals surface area (Å²) < 4.78 is 5.86. The van der Waals surface area contributed by atoms with Gasteiger partial charge in [-0.15, -0.1) is 0 Å². The Morgan fingerprint density at radius 3 is 2.94 bits per heavy atom. The Kier molecular flexibility index (Phi) is 2.67. The first kappa shape index (κ1) is 10.3. The Hall–Kier alpha value is -0.900. The van der Waals surface area contributed by atoms with E-state index in [9.17, 15) is 0 Å². The van der Waals surface area contributed by atoms with E-state index in [0.29, 0.717) is 6.04 Å². The first-order chi connectivity index (χ1) is 7.83. The summed E-state index contributed by atoms with van der Waals surface area (Å²) in [6.07, 6.45) is 1.30. The van der Waals surface area contributed by atoms with Crippen molar-refractivity contribution in [3.63, 3.8) is 0 Å². The summed E-state index contributed by atoms with van der Waals surface area (Å²) in [6.45, 7) is 3.87. The van der Waals surface area contributed by atoms with Crippen LogP contribution in [0.1, 0.15) is 17.2 Å². The van der Waals surface area contributed by atoms with Gasteiger partial charge < -0.3 is 10.5 Å². The van der Waals surface area contributed by atoms with E-state index in [-0.39, 0.29) is 6.10 Å². The van der Waals surface area contributed by atoms with Gasteiger partial charge in [0, 0.05) is 25.7 Å². The summed E-state index contributed by atoms with van der Waals surface area (Å²) in [4.78, 5) is 2.37. The number of nitrogens with zero attached hydrogens (tertiary/aromatic N) is 1. The number of benzene rings is 1. The topological polar surface area (TPSA) is 38.5 Å². The second-order valence-electron chi connectivity index (χ2n) is 4.79. The SMILES string of the molecule is NC1CN(CC2OCCc3ccccc32)C1. The average molecular weight is 218 g/mol. The summed E-state index contributed by atoms with van der Waals surface area (Å²) in [7, 11) is 0. The maximum Gasteiger partial charge on any atom is 0.0954 e. The van der Waals surface area contributed by atoms with E-state index in [4.69, 9.17) is 10.5 Å². The zero-order valence-electron chi connectivity index (χ0n) is 9.43. The fourth-order valence-electron chi connectivity index (χ4n) is 2.62. The number of rotatable bonds is 2. The molecule has 1 fully saturated rings. The number of hydrogen-bond donors (Lipinski definition) is 1. The molecule has 1 aromatic carbocycles. The van der Waals surface area contributed by atoms with E-state index >= 15 is 0 Å². The molecule has 0 spiro atoms. The number of hydrogen-bond acceptors (Lipinski definition) is 3. The molecular weight excluding hydrogens is 200 g/mol. The maximum atomic E-state index is 5.86. The van der Waals surface area contributed by atoms with Crippen molar-refractivity contribution in [1.29, 1.82) is 0 Å². The van der Waals surface area contributed by atoms with Crippen molar-refractivity contribution >= 4 is 0 Å². The average Bonchev–Trinajstić information content (AvgIpc) is 2.27. The van der Waals surface area contributed by atoms with Crippen LogP contribution < -0.4 is 5.73 Å².